The smallest absolute Gasteiger partial charge is 0.387 e. The number of aryl methyl sites for hydroxylation is 1. The summed E-state index contributed by atoms with van der Waals surface area (Å²) in [4.78, 5) is 8.82. The van der Waals surface area contributed by atoms with Crippen LogP contribution in [0, 0.1) is 18.6 Å². The van der Waals surface area contributed by atoms with Crippen LogP contribution in [-0.4, -0.2) is 21.1 Å². The van der Waals surface area contributed by atoms with Crippen LogP contribution in [0.2, 0.25) is 0 Å². The lowest BCUT2D eigenvalue weighted by atomic mass is 10.1. The van der Waals surface area contributed by atoms with Crippen LogP contribution in [-0.2, 0) is 0 Å². The fraction of sp³-hybridized carbons (Fsp3) is 0.100. The van der Waals surface area contributed by atoms with Crippen molar-refractivity contribution in [1.82, 2.24) is 14.5 Å². The van der Waals surface area contributed by atoms with Gasteiger partial charge in [-0.1, -0.05) is 6.07 Å². The first-order valence-corrected chi connectivity index (χ1v) is 8.29. The quantitative estimate of drug-likeness (QED) is 0.448. The van der Waals surface area contributed by atoms with Gasteiger partial charge in [0.05, 0.1) is 16.7 Å². The zero-order valence-electron chi connectivity index (χ0n) is 14.5. The van der Waals surface area contributed by atoms with Gasteiger partial charge in [-0.25, -0.2) is 18.7 Å². The summed E-state index contributed by atoms with van der Waals surface area (Å²) < 4.78 is 57.7. The van der Waals surface area contributed by atoms with Crippen molar-refractivity contribution in [2.75, 3.05) is 0 Å². The molecular weight excluding hydrogens is 374 g/mol. The van der Waals surface area contributed by atoms with E-state index in [1.165, 1.54) is 12.1 Å². The van der Waals surface area contributed by atoms with Gasteiger partial charge in [-0.2, -0.15) is 8.78 Å². The van der Waals surface area contributed by atoms with E-state index >= 15 is 0 Å². The lowest BCUT2D eigenvalue weighted by molar-refractivity contribution is -0.0498. The highest BCUT2D eigenvalue weighted by Crippen LogP contribution is 2.26. The molecule has 2 heterocycles. The minimum atomic E-state index is -2.89. The summed E-state index contributed by atoms with van der Waals surface area (Å²) in [6.07, 6.45) is 0. The minimum absolute atomic E-state index is 0.0452. The molecule has 0 aliphatic rings. The van der Waals surface area contributed by atoms with Gasteiger partial charge in [0.25, 0.3) is 0 Å². The van der Waals surface area contributed by atoms with E-state index in [9.17, 15) is 17.6 Å². The Morgan fingerprint density at radius 1 is 0.929 bits per heavy atom. The molecule has 0 fully saturated rings. The van der Waals surface area contributed by atoms with Crippen LogP contribution in [0.1, 0.15) is 5.82 Å². The average Bonchev–Trinajstić information content (AvgIpc) is 2.97. The minimum Gasteiger partial charge on any atom is -0.435 e. The van der Waals surface area contributed by atoms with E-state index in [2.05, 4.69) is 14.7 Å². The van der Waals surface area contributed by atoms with Crippen LogP contribution in [0.4, 0.5) is 17.6 Å². The Balaban J connectivity index is 1.76. The van der Waals surface area contributed by atoms with Gasteiger partial charge in [0, 0.05) is 17.7 Å². The average molecular weight is 387 g/mol. The molecule has 2 aromatic heterocycles. The highest BCUT2D eigenvalue weighted by molar-refractivity contribution is 5.78. The summed E-state index contributed by atoms with van der Waals surface area (Å²) in [5.74, 6) is -0.907. The zero-order valence-corrected chi connectivity index (χ0v) is 14.5. The standard InChI is InChI=1S/C20H13F4N3O/c1-11-25-17-9-14(21)15(22)10-18(17)27(11)19-4-2-3-16(26-19)12-5-7-13(8-6-12)28-20(23)24/h2-10,20H,1H3. The third-order valence-corrected chi connectivity index (χ3v) is 4.20. The summed E-state index contributed by atoms with van der Waals surface area (Å²) in [5, 5.41) is 0. The number of halogens is 4. The molecule has 0 unspecified atom stereocenters. The molecule has 0 N–H and O–H groups in total. The van der Waals surface area contributed by atoms with Crippen molar-refractivity contribution in [3.05, 3.63) is 72.1 Å². The molecule has 0 atom stereocenters. The van der Waals surface area contributed by atoms with E-state index in [1.807, 2.05) is 0 Å². The molecule has 0 radical (unpaired) electrons. The lowest BCUT2D eigenvalue weighted by Crippen LogP contribution is -2.02. The Morgan fingerprint density at radius 2 is 1.64 bits per heavy atom. The third kappa shape index (κ3) is 3.28. The van der Waals surface area contributed by atoms with Crippen molar-refractivity contribution in [3.63, 3.8) is 0 Å². The number of imidazole rings is 1. The van der Waals surface area contributed by atoms with Gasteiger partial charge in [-0.05, 0) is 43.3 Å². The maximum Gasteiger partial charge on any atom is 0.387 e. The van der Waals surface area contributed by atoms with Crippen molar-refractivity contribution in [3.8, 4) is 22.8 Å². The number of hydrogen-bond acceptors (Lipinski definition) is 3. The molecule has 0 saturated heterocycles. The summed E-state index contributed by atoms with van der Waals surface area (Å²) >= 11 is 0. The molecule has 28 heavy (non-hydrogen) atoms. The fourth-order valence-electron chi connectivity index (χ4n) is 3.00. The molecule has 8 heteroatoms. The Hall–Kier alpha value is -3.42. The predicted octanol–water partition coefficient (Wildman–Crippen LogP) is 5.28. The fourth-order valence-corrected chi connectivity index (χ4v) is 3.00. The maximum absolute atomic E-state index is 13.7. The molecule has 4 aromatic rings. The van der Waals surface area contributed by atoms with E-state index in [4.69, 9.17) is 0 Å². The van der Waals surface area contributed by atoms with E-state index in [0.717, 1.165) is 12.1 Å². The summed E-state index contributed by atoms with van der Waals surface area (Å²) in [6, 6.07) is 13.4. The second kappa shape index (κ2) is 6.95. The Labute approximate surface area is 157 Å². The van der Waals surface area contributed by atoms with Crippen LogP contribution in [0.5, 0.6) is 5.75 Å². The number of hydrogen-bond donors (Lipinski definition) is 0. The predicted molar refractivity (Wildman–Crippen MR) is 95.6 cm³/mol. The first-order valence-electron chi connectivity index (χ1n) is 8.29. The van der Waals surface area contributed by atoms with Crippen molar-refractivity contribution in [2.24, 2.45) is 0 Å². The summed E-state index contributed by atoms with van der Waals surface area (Å²) in [5.41, 5.74) is 1.96. The molecule has 0 aliphatic heterocycles. The Kier molecular flexibility index (Phi) is 4.46. The van der Waals surface area contributed by atoms with Gasteiger partial charge >= 0.3 is 6.61 Å². The number of nitrogens with zero attached hydrogens (tertiary/aromatic N) is 3. The molecule has 2 aromatic carbocycles. The Morgan fingerprint density at radius 3 is 2.36 bits per heavy atom. The third-order valence-electron chi connectivity index (χ3n) is 4.20. The van der Waals surface area contributed by atoms with Gasteiger partial charge in [0.2, 0.25) is 0 Å². The van der Waals surface area contributed by atoms with Gasteiger partial charge in [-0.3, -0.25) is 4.57 Å². The maximum atomic E-state index is 13.7. The first-order chi connectivity index (χ1) is 13.4. The molecule has 0 aliphatic carbocycles. The van der Waals surface area contributed by atoms with Crippen molar-refractivity contribution in [1.29, 1.82) is 0 Å². The van der Waals surface area contributed by atoms with Crippen LogP contribution in [0.3, 0.4) is 0 Å². The van der Waals surface area contributed by atoms with Crippen molar-refractivity contribution >= 4 is 11.0 Å². The number of fused-ring (bicyclic) bond motifs is 1. The SMILES string of the molecule is Cc1nc2cc(F)c(F)cc2n1-c1cccc(-c2ccc(OC(F)F)cc2)n1. The van der Waals surface area contributed by atoms with Crippen LogP contribution >= 0.6 is 0 Å². The molecular formula is C20H13F4N3O. The lowest BCUT2D eigenvalue weighted by Gasteiger charge is -2.09. The second-order valence-electron chi connectivity index (χ2n) is 6.03. The molecule has 0 amide bonds. The normalized spacial score (nSPS) is 11.4. The summed E-state index contributed by atoms with van der Waals surface area (Å²) in [6.45, 7) is -1.18. The number of aromatic nitrogens is 3. The molecule has 142 valence electrons. The van der Waals surface area contributed by atoms with Crippen LogP contribution in [0.25, 0.3) is 28.1 Å². The summed E-state index contributed by atoms with van der Waals surface area (Å²) in [7, 11) is 0. The van der Waals surface area contributed by atoms with Crippen LogP contribution < -0.4 is 4.74 Å². The first kappa shape index (κ1) is 18.0. The second-order valence-corrected chi connectivity index (χ2v) is 6.03. The van der Waals surface area contributed by atoms with Gasteiger partial charge in [-0.15, -0.1) is 0 Å². The molecule has 4 rings (SSSR count). The number of benzene rings is 2. The van der Waals surface area contributed by atoms with Crippen molar-refractivity contribution in [2.45, 2.75) is 13.5 Å². The van der Waals surface area contributed by atoms with E-state index < -0.39 is 18.2 Å². The monoisotopic (exact) mass is 387 g/mol. The van der Waals surface area contributed by atoms with Gasteiger partial charge < -0.3 is 4.74 Å². The van der Waals surface area contributed by atoms with E-state index in [0.29, 0.717) is 33.9 Å². The van der Waals surface area contributed by atoms with Gasteiger partial charge in [0.15, 0.2) is 11.6 Å². The molecule has 4 nitrogen and oxygen atoms in total. The largest absolute Gasteiger partial charge is 0.435 e. The zero-order chi connectivity index (χ0) is 19.8. The van der Waals surface area contributed by atoms with E-state index in [1.54, 1.807) is 41.8 Å². The topological polar surface area (TPSA) is 39.9 Å². The van der Waals surface area contributed by atoms with E-state index in [-0.39, 0.29) is 5.75 Å². The number of rotatable bonds is 4. The molecule has 0 saturated carbocycles. The highest BCUT2D eigenvalue weighted by atomic mass is 19.3. The van der Waals surface area contributed by atoms with Crippen LogP contribution in [0.15, 0.2) is 54.6 Å². The number of ether oxygens (including phenoxy) is 1. The number of alkyl halides is 2. The number of pyridine rings is 1. The Bertz CT molecular complexity index is 1160. The van der Waals surface area contributed by atoms with Gasteiger partial charge in [0.1, 0.15) is 17.4 Å². The van der Waals surface area contributed by atoms with Crippen molar-refractivity contribution < 1.29 is 22.3 Å². The highest BCUT2D eigenvalue weighted by Gasteiger charge is 2.15. The molecule has 0 spiro atoms. The molecule has 0 bridgehead atoms.